The summed E-state index contributed by atoms with van der Waals surface area (Å²) >= 11 is 0. The maximum absolute atomic E-state index is 12.8. The third kappa shape index (κ3) is 7.71. The number of halogens is 3. The first-order valence-corrected chi connectivity index (χ1v) is 16.6. The smallest absolute Gasteiger partial charge is 0.166 e. The van der Waals surface area contributed by atoms with E-state index in [4.69, 9.17) is 0 Å². The summed E-state index contributed by atoms with van der Waals surface area (Å²) in [6, 6.07) is 18.9. The Kier molecular flexibility index (Phi) is 9.55. The molecule has 35 heavy (non-hydrogen) atoms. The molecule has 4 rings (SSSR count). The van der Waals surface area contributed by atoms with Crippen LogP contribution in [0.25, 0.3) is 11.1 Å². The molecule has 2 aromatic rings. The molecule has 0 amide bonds. The molecule has 2 aliphatic rings. The van der Waals surface area contributed by atoms with Gasteiger partial charge in [-0.25, -0.2) is 0 Å². The monoisotopic (exact) mass is 500 g/mol. The molecule has 1 heterocycles. The first-order valence-electron chi connectivity index (χ1n) is 14.2. The fourth-order valence-corrected chi connectivity index (χ4v) is 10.2. The molecule has 1 saturated carbocycles. The Morgan fingerprint density at radius 3 is 1.80 bits per heavy atom. The second-order valence-corrected chi connectivity index (χ2v) is 14.8. The van der Waals surface area contributed by atoms with Crippen LogP contribution in [-0.4, -0.2) is 8.80 Å². The van der Waals surface area contributed by atoms with Gasteiger partial charge in [-0.1, -0.05) is 106 Å². The molecule has 0 radical (unpaired) electrons. The molecule has 1 saturated heterocycles. The summed E-state index contributed by atoms with van der Waals surface area (Å²) in [6.07, 6.45) is 11.3. The zero-order valence-electron chi connectivity index (χ0n) is 21.5. The highest BCUT2D eigenvalue weighted by molar-refractivity contribution is 6.58. The lowest BCUT2D eigenvalue weighted by molar-refractivity contribution is -0.137. The van der Waals surface area contributed by atoms with E-state index in [1.807, 2.05) is 0 Å². The predicted octanol–water partition coefficient (Wildman–Crippen LogP) is 10.3. The molecule has 1 aliphatic heterocycles. The summed E-state index contributed by atoms with van der Waals surface area (Å²) < 4.78 is 38.4. The third-order valence-corrected chi connectivity index (χ3v) is 12.5. The summed E-state index contributed by atoms with van der Waals surface area (Å²) in [4.78, 5) is 0. The Morgan fingerprint density at radius 2 is 1.26 bits per heavy atom. The van der Waals surface area contributed by atoms with Crippen LogP contribution in [0.2, 0.25) is 18.1 Å². The molecule has 2 aromatic carbocycles. The van der Waals surface area contributed by atoms with Gasteiger partial charge in [0, 0.05) is 8.80 Å². The number of unbranched alkanes of at least 4 members (excludes halogenated alkanes) is 2. The SMILES string of the molecule is CCCCC[Si@H]1CC[C@H](CCC2CCC(c3ccc(-c4ccc(C(F)(F)F)cc4)cc3)CC2)CC1. The van der Waals surface area contributed by atoms with Crippen LogP contribution < -0.4 is 0 Å². The summed E-state index contributed by atoms with van der Waals surface area (Å²) in [5.41, 5.74) is 2.63. The van der Waals surface area contributed by atoms with Crippen molar-refractivity contribution < 1.29 is 13.2 Å². The number of hydrogen-bond acceptors (Lipinski definition) is 0. The first kappa shape index (κ1) is 26.5. The molecule has 4 heteroatoms. The molecular formula is C31H43F3Si. The molecule has 2 fully saturated rings. The maximum atomic E-state index is 12.8. The number of hydrogen-bond donors (Lipinski definition) is 0. The van der Waals surface area contributed by atoms with Gasteiger partial charge < -0.3 is 0 Å². The van der Waals surface area contributed by atoms with E-state index in [1.54, 1.807) is 30.3 Å². The van der Waals surface area contributed by atoms with E-state index in [0.717, 1.165) is 23.0 Å². The topological polar surface area (TPSA) is 0 Å². The van der Waals surface area contributed by atoms with Crippen LogP contribution in [0.3, 0.4) is 0 Å². The van der Waals surface area contributed by atoms with Crippen LogP contribution in [0.4, 0.5) is 13.2 Å². The van der Waals surface area contributed by atoms with Crippen LogP contribution >= 0.6 is 0 Å². The zero-order valence-corrected chi connectivity index (χ0v) is 22.6. The average Bonchev–Trinajstić information content (AvgIpc) is 2.88. The van der Waals surface area contributed by atoms with E-state index >= 15 is 0 Å². The standard InChI is InChI=1S/C31H43F3Si/c1-2-3-4-21-35-22-19-25(20-23-35)6-5-24-7-9-26(10-8-24)27-11-13-28(14-12-27)29-15-17-30(18-16-29)31(32,33)34/h11-18,24-26,35H,2-10,19-23H2,1H3/t24?,25-,26?,35-. The highest BCUT2D eigenvalue weighted by atomic mass is 28.3. The average molecular weight is 501 g/mol. The van der Waals surface area contributed by atoms with Gasteiger partial charge in [0.15, 0.2) is 0 Å². The van der Waals surface area contributed by atoms with E-state index in [9.17, 15) is 13.2 Å². The van der Waals surface area contributed by atoms with Gasteiger partial charge in [0.05, 0.1) is 5.56 Å². The van der Waals surface area contributed by atoms with Gasteiger partial charge in [0.25, 0.3) is 0 Å². The Morgan fingerprint density at radius 1 is 0.714 bits per heavy atom. The third-order valence-electron chi connectivity index (χ3n) is 8.94. The van der Waals surface area contributed by atoms with Gasteiger partial charge in [-0.15, -0.1) is 0 Å². The van der Waals surface area contributed by atoms with E-state index in [2.05, 4.69) is 31.2 Å². The Bertz CT molecular complexity index is 871. The quantitative estimate of drug-likeness (QED) is 0.237. The van der Waals surface area contributed by atoms with E-state index < -0.39 is 11.7 Å². The van der Waals surface area contributed by atoms with Gasteiger partial charge in [-0.3, -0.25) is 0 Å². The zero-order chi connectivity index (χ0) is 24.7. The lowest BCUT2D eigenvalue weighted by Gasteiger charge is -2.32. The second-order valence-electron chi connectivity index (χ2n) is 11.4. The minimum absolute atomic E-state index is 0.377. The number of rotatable bonds is 9. The molecule has 0 spiro atoms. The lowest BCUT2D eigenvalue weighted by atomic mass is 9.76. The first-order chi connectivity index (χ1) is 16.9. The Labute approximate surface area is 212 Å². The van der Waals surface area contributed by atoms with Gasteiger partial charge >= 0.3 is 6.18 Å². The Balaban J connectivity index is 1.18. The van der Waals surface area contributed by atoms with Crippen LogP contribution in [-0.2, 0) is 6.18 Å². The highest BCUT2D eigenvalue weighted by Gasteiger charge is 2.30. The Hall–Kier alpha value is -1.55. The molecule has 0 bridgehead atoms. The summed E-state index contributed by atoms with van der Waals surface area (Å²) in [5.74, 6) is 2.56. The molecule has 0 atom stereocenters. The molecular weight excluding hydrogens is 457 g/mol. The van der Waals surface area contributed by atoms with E-state index in [0.29, 0.717) is 5.92 Å². The van der Waals surface area contributed by atoms with Crippen molar-refractivity contribution in [2.45, 2.75) is 108 Å². The summed E-state index contributed by atoms with van der Waals surface area (Å²) in [6.45, 7) is 2.31. The lowest BCUT2D eigenvalue weighted by Crippen LogP contribution is -2.22. The van der Waals surface area contributed by atoms with E-state index in [-0.39, 0.29) is 8.80 Å². The van der Waals surface area contributed by atoms with Crippen molar-refractivity contribution in [2.24, 2.45) is 11.8 Å². The van der Waals surface area contributed by atoms with Crippen molar-refractivity contribution >= 4 is 8.80 Å². The molecule has 1 aliphatic carbocycles. The molecule has 0 unspecified atom stereocenters. The highest BCUT2D eigenvalue weighted by Crippen LogP contribution is 2.40. The van der Waals surface area contributed by atoms with Gasteiger partial charge in [0.2, 0.25) is 0 Å². The van der Waals surface area contributed by atoms with Crippen LogP contribution in [0.15, 0.2) is 48.5 Å². The van der Waals surface area contributed by atoms with Crippen molar-refractivity contribution in [2.75, 3.05) is 0 Å². The van der Waals surface area contributed by atoms with Gasteiger partial charge in [0.1, 0.15) is 0 Å². The van der Waals surface area contributed by atoms with Crippen LogP contribution in [0.5, 0.6) is 0 Å². The van der Waals surface area contributed by atoms with Crippen LogP contribution in [0, 0.1) is 11.8 Å². The van der Waals surface area contributed by atoms with Crippen molar-refractivity contribution in [1.29, 1.82) is 0 Å². The fraction of sp³-hybridized carbons (Fsp3) is 0.613. The molecule has 192 valence electrons. The van der Waals surface area contributed by atoms with Crippen molar-refractivity contribution in [3.63, 3.8) is 0 Å². The van der Waals surface area contributed by atoms with Gasteiger partial charge in [-0.2, -0.15) is 13.2 Å². The summed E-state index contributed by atoms with van der Waals surface area (Å²) in [5, 5.41) is 0. The molecule has 0 nitrogen and oxygen atoms in total. The predicted molar refractivity (Wildman–Crippen MR) is 145 cm³/mol. The molecule has 0 aromatic heterocycles. The minimum Gasteiger partial charge on any atom is -0.166 e. The largest absolute Gasteiger partial charge is 0.416 e. The van der Waals surface area contributed by atoms with Crippen LogP contribution in [0.1, 0.15) is 94.6 Å². The minimum atomic E-state index is -4.28. The van der Waals surface area contributed by atoms with Crippen molar-refractivity contribution in [3.8, 4) is 11.1 Å². The van der Waals surface area contributed by atoms with E-state index in [1.165, 1.54) is 88.3 Å². The number of alkyl halides is 3. The van der Waals surface area contributed by atoms with Crippen molar-refractivity contribution in [3.05, 3.63) is 59.7 Å². The fourth-order valence-electron chi connectivity index (χ4n) is 6.55. The normalized spacial score (nSPS) is 25.5. The van der Waals surface area contributed by atoms with Crippen molar-refractivity contribution in [1.82, 2.24) is 0 Å². The number of benzene rings is 2. The second kappa shape index (κ2) is 12.6. The maximum Gasteiger partial charge on any atom is 0.416 e. The summed E-state index contributed by atoms with van der Waals surface area (Å²) in [7, 11) is -0.377. The molecule has 0 N–H and O–H groups in total. The van der Waals surface area contributed by atoms with Gasteiger partial charge in [-0.05, 0) is 72.3 Å².